The number of aryl methyl sites for hydroxylation is 2. The Morgan fingerprint density at radius 2 is 1.76 bits per heavy atom. The number of carbonyl (C=O) groups excluding carboxylic acids is 2. The van der Waals surface area contributed by atoms with Crippen molar-refractivity contribution in [3.05, 3.63) is 58.1 Å². The van der Waals surface area contributed by atoms with Gasteiger partial charge in [-0.05, 0) is 78.5 Å². The van der Waals surface area contributed by atoms with Crippen molar-refractivity contribution < 1.29 is 14.3 Å². The lowest BCUT2D eigenvalue weighted by Crippen LogP contribution is -2.45. The summed E-state index contributed by atoms with van der Waals surface area (Å²) in [4.78, 5) is 25.1. The fourth-order valence-electron chi connectivity index (χ4n) is 4.57. The zero-order chi connectivity index (χ0) is 20.4. The minimum atomic E-state index is -0.786. The van der Waals surface area contributed by atoms with E-state index in [2.05, 4.69) is 16.7 Å². The van der Waals surface area contributed by atoms with Crippen molar-refractivity contribution in [1.29, 1.82) is 0 Å². The molecule has 2 aromatic rings. The van der Waals surface area contributed by atoms with Gasteiger partial charge in [0.2, 0.25) is 0 Å². The number of benzene rings is 2. The molecule has 0 bridgehead atoms. The largest absolute Gasteiger partial charge is 0.467 e. The Balaban J connectivity index is 1.53. The Bertz CT molecular complexity index is 922. The number of carbonyl (C=O) groups is 2. The molecule has 0 saturated heterocycles. The van der Waals surface area contributed by atoms with Crippen LogP contribution >= 0.6 is 0 Å². The first-order chi connectivity index (χ1) is 14.0. The summed E-state index contributed by atoms with van der Waals surface area (Å²) in [5.74, 6) is -0.480. The van der Waals surface area contributed by atoms with Gasteiger partial charge in [0.25, 0.3) is 0 Å². The van der Waals surface area contributed by atoms with E-state index in [1.54, 1.807) is 12.1 Å². The van der Waals surface area contributed by atoms with Crippen molar-refractivity contribution >= 4 is 23.4 Å². The van der Waals surface area contributed by atoms with Gasteiger partial charge in [-0.2, -0.15) is 0 Å². The molecule has 2 amide bonds. The van der Waals surface area contributed by atoms with E-state index in [0.717, 1.165) is 49.8 Å². The van der Waals surface area contributed by atoms with E-state index in [-0.39, 0.29) is 6.03 Å². The highest BCUT2D eigenvalue weighted by atomic mass is 16.5. The van der Waals surface area contributed by atoms with Gasteiger partial charge in [0, 0.05) is 17.8 Å². The number of rotatable bonds is 5. The molecule has 29 heavy (non-hydrogen) atoms. The summed E-state index contributed by atoms with van der Waals surface area (Å²) < 4.78 is 4.90. The van der Waals surface area contributed by atoms with Crippen molar-refractivity contribution in [3.8, 4) is 0 Å². The molecule has 2 aliphatic rings. The maximum Gasteiger partial charge on any atom is 0.328 e. The lowest BCUT2D eigenvalue weighted by Gasteiger charge is -2.20. The number of esters is 1. The summed E-state index contributed by atoms with van der Waals surface area (Å²) in [6.45, 7) is 0. The van der Waals surface area contributed by atoms with Gasteiger partial charge in [0.15, 0.2) is 0 Å². The van der Waals surface area contributed by atoms with Gasteiger partial charge in [-0.3, -0.25) is 0 Å². The predicted molar refractivity (Wildman–Crippen MR) is 113 cm³/mol. The van der Waals surface area contributed by atoms with Gasteiger partial charge in [-0.25, -0.2) is 9.59 Å². The first kappa shape index (κ1) is 19.3. The Morgan fingerprint density at radius 1 is 1.07 bits per heavy atom. The average Bonchev–Trinajstić information content (AvgIpc) is 3.36. The van der Waals surface area contributed by atoms with Gasteiger partial charge >= 0.3 is 12.0 Å². The number of nitrogen functional groups attached to an aromatic ring is 1. The smallest absolute Gasteiger partial charge is 0.328 e. The van der Waals surface area contributed by atoms with Gasteiger partial charge in [0.05, 0.1) is 7.11 Å². The summed E-state index contributed by atoms with van der Waals surface area (Å²) >= 11 is 0. The molecular formula is C23H27N3O3. The molecule has 2 aromatic carbocycles. The molecule has 0 fully saturated rings. The van der Waals surface area contributed by atoms with E-state index >= 15 is 0 Å². The SMILES string of the molecule is COC(=O)[C@@H](Cc1cccc(N)c1)NC(=O)Nc1c2c(cc3c1CCC3)CCC2. The van der Waals surface area contributed by atoms with E-state index < -0.39 is 12.0 Å². The van der Waals surface area contributed by atoms with Crippen molar-refractivity contribution in [2.45, 2.75) is 51.0 Å². The van der Waals surface area contributed by atoms with Crippen LogP contribution in [0.15, 0.2) is 30.3 Å². The maximum atomic E-state index is 12.8. The standard InChI is InChI=1S/C23H27N3O3/c1-29-22(27)20(12-14-5-2-8-17(24)11-14)25-23(28)26-21-18-9-3-6-15(18)13-16-7-4-10-19(16)21/h2,5,8,11,13,20H,3-4,6-7,9-10,12,24H2,1H3,(H2,25,26,28)/t20-/m1/s1. The maximum absolute atomic E-state index is 12.8. The molecule has 6 heteroatoms. The Morgan fingerprint density at radius 3 is 2.38 bits per heavy atom. The highest BCUT2D eigenvalue weighted by molar-refractivity contribution is 5.94. The zero-order valence-electron chi connectivity index (χ0n) is 16.7. The summed E-state index contributed by atoms with van der Waals surface area (Å²) in [5.41, 5.74) is 13.5. The van der Waals surface area contributed by atoms with Crippen molar-refractivity contribution in [2.24, 2.45) is 0 Å². The number of nitrogens with two attached hydrogens (primary N) is 1. The van der Waals surface area contributed by atoms with Crippen LogP contribution in [0.4, 0.5) is 16.2 Å². The molecule has 0 aliphatic heterocycles. The highest BCUT2D eigenvalue weighted by Gasteiger charge is 2.27. The van der Waals surface area contributed by atoms with E-state index in [0.29, 0.717) is 12.1 Å². The monoisotopic (exact) mass is 393 g/mol. The number of hydrogen-bond donors (Lipinski definition) is 3. The molecule has 152 valence electrons. The van der Waals surface area contributed by atoms with Gasteiger partial charge in [0.1, 0.15) is 6.04 Å². The number of anilines is 2. The van der Waals surface area contributed by atoms with Crippen LogP contribution in [0.1, 0.15) is 40.7 Å². The minimum Gasteiger partial charge on any atom is -0.467 e. The van der Waals surface area contributed by atoms with E-state index in [1.165, 1.54) is 29.4 Å². The van der Waals surface area contributed by atoms with E-state index in [4.69, 9.17) is 10.5 Å². The van der Waals surface area contributed by atoms with Crippen LogP contribution in [0, 0.1) is 0 Å². The third-order valence-corrected chi connectivity index (χ3v) is 5.89. The Labute approximate surface area is 170 Å². The van der Waals surface area contributed by atoms with Crippen molar-refractivity contribution in [3.63, 3.8) is 0 Å². The van der Waals surface area contributed by atoms with Crippen LogP contribution < -0.4 is 16.4 Å². The van der Waals surface area contributed by atoms with Crippen molar-refractivity contribution in [1.82, 2.24) is 5.32 Å². The second-order valence-electron chi connectivity index (χ2n) is 7.86. The molecule has 4 rings (SSSR count). The summed E-state index contributed by atoms with van der Waals surface area (Å²) in [7, 11) is 1.32. The lowest BCUT2D eigenvalue weighted by atomic mass is 9.99. The van der Waals surface area contributed by atoms with Crippen LogP contribution in [0.5, 0.6) is 0 Å². The third kappa shape index (κ3) is 4.06. The quantitative estimate of drug-likeness (QED) is 0.537. The first-order valence-corrected chi connectivity index (χ1v) is 10.2. The Kier molecular flexibility index (Phi) is 5.43. The lowest BCUT2D eigenvalue weighted by molar-refractivity contribution is -0.142. The molecule has 0 radical (unpaired) electrons. The van der Waals surface area contributed by atoms with Crippen LogP contribution in [0.3, 0.4) is 0 Å². The zero-order valence-corrected chi connectivity index (χ0v) is 16.7. The predicted octanol–water partition coefficient (Wildman–Crippen LogP) is 3.15. The molecule has 0 saturated carbocycles. The van der Waals surface area contributed by atoms with Crippen LogP contribution in [0.25, 0.3) is 0 Å². The second kappa shape index (κ2) is 8.15. The number of hydrogen-bond acceptors (Lipinski definition) is 4. The molecule has 0 unspecified atom stereocenters. The number of nitrogens with one attached hydrogen (secondary N) is 2. The molecule has 0 spiro atoms. The second-order valence-corrected chi connectivity index (χ2v) is 7.86. The number of amides is 2. The molecule has 4 N–H and O–H groups in total. The van der Waals surface area contributed by atoms with Crippen LogP contribution in [-0.4, -0.2) is 25.2 Å². The molecule has 0 aromatic heterocycles. The van der Waals surface area contributed by atoms with Gasteiger partial charge < -0.3 is 21.1 Å². The topological polar surface area (TPSA) is 93.4 Å². The summed E-state index contributed by atoms with van der Waals surface area (Å²) in [6.07, 6.45) is 6.67. The van der Waals surface area contributed by atoms with E-state index in [1.807, 2.05) is 12.1 Å². The molecule has 6 nitrogen and oxygen atoms in total. The molecular weight excluding hydrogens is 366 g/mol. The summed E-state index contributed by atoms with van der Waals surface area (Å²) in [6, 6.07) is 8.45. The number of urea groups is 1. The Hall–Kier alpha value is -3.02. The van der Waals surface area contributed by atoms with Crippen LogP contribution in [0.2, 0.25) is 0 Å². The fraction of sp³-hybridized carbons (Fsp3) is 0.391. The average molecular weight is 393 g/mol. The van der Waals surface area contributed by atoms with E-state index in [9.17, 15) is 9.59 Å². The minimum absolute atomic E-state index is 0.316. The van der Waals surface area contributed by atoms with Crippen molar-refractivity contribution in [2.75, 3.05) is 18.2 Å². The van der Waals surface area contributed by atoms with Crippen LogP contribution in [-0.2, 0) is 41.6 Å². The molecule has 1 atom stereocenters. The fourth-order valence-corrected chi connectivity index (χ4v) is 4.57. The van der Waals surface area contributed by atoms with Gasteiger partial charge in [-0.15, -0.1) is 0 Å². The molecule has 0 heterocycles. The summed E-state index contributed by atoms with van der Waals surface area (Å²) in [5, 5.41) is 5.87. The third-order valence-electron chi connectivity index (χ3n) is 5.89. The number of methoxy groups -OCH3 is 1. The molecule has 2 aliphatic carbocycles. The van der Waals surface area contributed by atoms with Gasteiger partial charge in [-0.1, -0.05) is 18.2 Å². The number of ether oxygens (including phenoxy) is 1. The normalized spacial score (nSPS) is 15.3. The first-order valence-electron chi connectivity index (χ1n) is 10.2. The highest BCUT2D eigenvalue weighted by Crippen LogP contribution is 2.38. The number of fused-ring (bicyclic) bond motifs is 2.